The molecule has 1 unspecified atom stereocenters. The second-order valence-electron chi connectivity index (χ2n) is 6.55. The fourth-order valence-electron chi connectivity index (χ4n) is 2.90. The van der Waals surface area contributed by atoms with Gasteiger partial charge in [0.2, 0.25) is 0 Å². The summed E-state index contributed by atoms with van der Waals surface area (Å²) in [5.74, 6) is -1.03. The van der Waals surface area contributed by atoms with Crippen molar-refractivity contribution in [1.82, 2.24) is 0 Å². The van der Waals surface area contributed by atoms with Crippen LogP contribution < -0.4 is 5.32 Å². The van der Waals surface area contributed by atoms with Crippen LogP contribution in [0.1, 0.15) is 44.5 Å². The van der Waals surface area contributed by atoms with Crippen LogP contribution in [0.15, 0.2) is 18.2 Å². The maximum Gasteiger partial charge on any atom is 0.340 e. The van der Waals surface area contributed by atoms with E-state index in [-0.39, 0.29) is 22.8 Å². The molecule has 0 bridgehead atoms. The van der Waals surface area contributed by atoms with Crippen molar-refractivity contribution in [3.05, 3.63) is 29.6 Å². The smallest absolute Gasteiger partial charge is 0.340 e. The zero-order valence-electron chi connectivity index (χ0n) is 13.1. The van der Waals surface area contributed by atoms with E-state index in [1.54, 1.807) is 6.07 Å². The monoisotopic (exact) mass is 295 g/mol. The lowest BCUT2D eigenvalue weighted by atomic mass is 9.94. The average molecular weight is 295 g/mol. The molecule has 1 N–H and O–H groups in total. The molecule has 4 nitrogen and oxygen atoms in total. The maximum atomic E-state index is 13.4. The number of benzene rings is 1. The number of hydrogen-bond acceptors (Lipinski definition) is 4. The van der Waals surface area contributed by atoms with E-state index in [2.05, 4.69) is 5.32 Å². The molecule has 0 aliphatic carbocycles. The summed E-state index contributed by atoms with van der Waals surface area (Å²) in [6.45, 7) is 8.06. The van der Waals surface area contributed by atoms with E-state index in [1.165, 1.54) is 19.2 Å². The van der Waals surface area contributed by atoms with E-state index in [0.29, 0.717) is 5.69 Å². The quantitative estimate of drug-likeness (QED) is 0.869. The molecule has 2 rings (SSSR count). The van der Waals surface area contributed by atoms with Gasteiger partial charge in [-0.15, -0.1) is 0 Å². The van der Waals surface area contributed by atoms with Crippen molar-refractivity contribution in [3.8, 4) is 0 Å². The zero-order chi connectivity index (χ0) is 15.8. The Labute approximate surface area is 124 Å². The van der Waals surface area contributed by atoms with Crippen LogP contribution in [0.5, 0.6) is 0 Å². The Bertz CT molecular complexity index is 554. The summed E-state index contributed by atoms with van der Waals surface area (Å²) in [6.07, 6.45) is 0.790. The fraction of sp³-hybridized carbons (Fsp3) is 0.562. The van der Waals surface area contributed by atoms with Crippen molar-refractivity contribution in [2.45, 2.75) is 51.4 Å². The van der Waals surface area contributed by atoms with Crippen LogP contribution in [0.25, 0.3) is 0 Å². The van der Waals surface area contributed by atoms with E-state index in [9.17, 15) is 9.18 Å². The van der Waals surface area contributed by atoms with Gasteiger partial charge in [0.1, 0.15) is 5.82 Å². The fourth-order valence-corrected chi connectivity index (χ4v) is 2.90. The van der Waals surface area contributed by atoms with Crippen LogP contribution in [0.3, 0.4) is 0 Å². The van der Waals surface area contributed by atoms with Gasteiger partial charge >= 0.3 is 5.97 Å². The van der Waals surface area contributed by atoms with E-state index in [1.807, 2.05) is 27.7 Å². The van der Waals surface area contributed by atoms with Crippen molar-refractivity contribution < 1.29 is 18.7 Å². The number of ether oxygens (including phenoxy) is 2. The van der Waals surface area contributed by atoms with Crippen LogP contribution in [-0.4, -0.2) is 30.3 Å². The number of rotatable bonds is 3. The topological polar surface area (TPSA) is 47.6 Å². The van der Waals surface area contributed by atoms with Crippen molar-refractivity contribution in [3.63, 3.8) is 0 Å². The summed E-state index contributed by atoms with van der Waals surface area (Å²) < 4.78 is 24.1. The highest BCUT2D eigenvalue weighted by molar-refractivity contribution is 5.95. The third-order valence-electron chi connectivity index (χ3n) is 3.79. The van der Waals surface area contributed by atoms with Gasteiger partial charge in [-0.25, -0.2) is 9.18 Å². The molecule has 1 aromatic carbocycles. The molecule has 116 valence electrons. The molecule has 1 saturated heterocycles. The van der Waals surface area contributed by atoms with Crippen molar-refractivity contribution in [2.75, 3.05) is 12.4 Å². The molecular weight excluding hydrogens is 273 g/mol. The van der Waals surface area contributed by atoms with Gasteiger partial charge in [-0.2, -0.15) is 0 Å². The number of methoxy groups -OCH3 is 1. The Balaban J connectivity index is 2.30. The first-order valence-electron chi connectivity index (χ1n) is 6.99. The number of anilines is 1. The molecule has 21 heavy (non-hydrogen) atoms. The molecule has 1 fully saturated rings. The summed E-state index contributed by atoms with van der Waals surface area (Å²) in [7, 11) is 1.28. The lowest BCUT2D eigenvalue weighted by molar-refractivity contribution is -0.0662. The molecule has 0 aromatic heterocycles. The Morgan fingerprint density at radius 1 is 1.38 bits per heavy atom. The molecule has 5 heteroatoms. The van der Waals surface area contributed by atoms with Gasteiger partial charge in [0.05, 0.1) is 29.9 Å². The van der Waals surface area contributed by atoms with Gasteiger partial charge in [0, 0.05) is 5.69 Å². The lowest BCUT2D eigenvalue weighted by Gasteiger charge is -2.28. The minimum Gasteiger partial charge on any atom is -0.465 e. The molecule has 1 aliphatic heterocycles. The Morgan fingerprint density at radius 3 is 2.57 bits per heavy atom. The molecular formula is C16H22FNO3. The van der Waals surface area contributed by atoms with Crippen LogP contribution >= 0.6 is 0 Å². The normalized spacial score (nSPS) is 22.9. The maximum absolute atomic E-state index is 13.4. The second kappa shape index (κ2) is 5.30. The standard InChI is InChI=1S/C16H22FNO3/c1-15(2)9-13(16(3,4)21-15)18-12-7-6-10(17)8-11(12)14(19)20-5/h6-8,13,18H,9H2,1-5H3. The molecule has 1 atom stereocenters. The van der Waals surface area contributed by atoms with Crippen LogP contribution in [0.2, 0.25) is 0 Å². The van der Waals surface area contributed by atoms with Gasteiger partial charge in [0.25, 0.3) is 0 Å². The third kappa shape index (κ3) is 3.35. The van der Waals surface area contributed by atoms with Gasteiger partial charge in [-0.1, -0.05) is 0 Å². The largest absolute Gasteiger partial charge is 0.465 e. The Kier molecular flexibility index (Phi) is 3.97. The highest BCUT2D eigenvalue weighted by Gasteiger charge is 2.46. The average Bonchev–Trinajstić information content (AvgIpc) is 2.58. The van der Waals surface area contributed by atoms with E-state index in [0.717, 1.165) is 6.42 Å². The second-order valence-corrected chi connectivity index (χ2v) is 6.55. The number of carbonyl (C=O) groups excluding carboxylic acids is 1. The minimum atomic E-state index is -0.562. The first kappa shape index (κ1) is 15.8. The summed E-state index contributed by atoms with van der Waals surface area (Å²) in [5.41, 5.74) is 0.124. The molecule has 1 aromatic rings. The molecule has 0 amide bonds. The molecule has 0 saturated carbocycles. The first-order valence-corrected chi connectivity index (χ1v) is 6.99. The highest BCUT2D eigenvalue weighted by atomic mass is 19.1. The Hall–Kier alpha value is -1.62. The highest BCUT2D eigenvalue weighted by Crippen LogP contribution is 2.39. The van der Waals surface area contributed by atoms with E-state index < -0.39 is 11.8 Å². The summed E-state index contributed by atoms with van der Waals surface area (Å²) in [5, 5.41) is 3.31. The van der Waals surface area contributed by atoms with E-state index >= 15 is 0 Å². The summed E-state index contributed by atoms with van der Waals surface area (Å²) >= 11 is 0. The van der Waals surface area contributed by atoms with Crippen LogP contribution in [-0.2, 0) is 9.47 Å². The van der Waals surface area contributed by atoms with Gasteiger partial charge < -0.3 is 14.8 Å². The van der Waals surface area contributed by atoms with Gasteiger partial charge in [0.15, 0.2) is 0 Å². The third-order valence-corrected chi connectivity index (χ3v) is 3.79. The predicted molar refractivity (Wildman–Crippen MR) is 79.0 cm³/mol. The summed E-state index contributed by atoms with van der Waals surface area (Å²) in [4.78, 5) is 11.8. The van der Waals surface area contributed by atoms with Gasteiger partial charge in [-0.05, 0) is 52.3 Å². The summed E-state index contributed by atoms with van der Waals surface area (Å²) in [6, 6.07) is 4.08. The molecule has 1 aliphatic rings. The number of halogens is 1. The Morgan fingerprint density at radius 2 is 2.05 bits per heavy atom. The number of hydrogen-bond donors (Lipinski definition) is 1. The molecule has 1 heterocycles. The zero-order valence-corrected chi connectivity index (χ0v) is 13.1. The minimum absolute atomic E-state index is 0.0152. The number of nitrogens with one attached hydrogen (secondary N) is 1. The number of carbonyl (C=O) groups is 1. The van der Waals surface area contributed by atoms with Crippen LogP contribution in [0.4, 0.5) is 10.1 Å². The van der Waals surface area contributed by atoms with Gasteiger partial charge in [-0.3, -0.25) is 0 Å². The predicted octanol–water partition coefficient (Wildman–Crippen LogP) is 3.37. The van der Waals surface area contributed by atoms with Crippen molar-refractivity contribution in [2.24, 2.45) is 0 Å². The molecule has 0 spiro atoms. The van der Waals surface area contributed by atoms with Crippen LogP contribution in [0, 0.1) is 5.82 Å². The SMILES string of the molecule is COC(=O)c1cc(F)ccc1NC1CC(C)(C)OC1(C)C. The van der Waals surface area contributed by atoms with Crippen molar-refractivity contribution >= 4 is 11.7 Å². The van der Waals surface area contributed by atoms with E-state index in [4.69, 9.17) is 9.47 Å². The first-order chi connectivity index (χ1) is 9.64. The number of esters is 1. The van der Waals surface area contributed by atoms with Crippen molar-refractivity contribution in [1.29, 1.82) is 0 Å². The lowest BCUT2D eigenvalue weighted by Crippen LogP contribution is -2.38. The molecule has 0 radical (unpaired) electrons.